The second-order valence-electron chi connectivity index (χ2n) is 9.06. The van der Waals surface area contributed by atoms with Crippen LogP contribution in [0.15, 0.2) is 48.5 Å². The van der Waals surface area contributed by atoms with Crippen LogP contribution in [0, 0.1) is 31.5 Å². The fourth-order valence-corrected chi connectivity index (χ4v) is 5.37. The van der Waals surface area contributed by atoms with Crippen molar-refractivity contribution >= 4 is 23.2 Å². The van der Waals surface area contributed by atoms with Crippen LogP contribution in [0.5, 0.6) is 0 Å². The summed E-state index contributed by atoms with van der Waals surface area (Å²) in [6.45, 7) is 7.65. The lowest BCUT2D eigenvalue weighted by Crippen LogP contribution is -2.42. The second kappa shape index (κ2) is 10.5. The van der Waals surface area contributed by atoms with Crippen LogP contribution < -0.4 is 5.32 Å². The number of aromatic nitrogens is 1. The van der Waals surface area contributed by atoms with E-state index in [0.717, 1.165) is 29.0 Å². The van der Waals surface area contributed by atoms with E-state index in [-0.39, 0.29) is 29.5 Å². The van der Waals surface area contributed by atoms with Crippen LogP contribution in [0.3, 0.4) is 0 Å². The van der Waals surface area contributed by atoms with Gasteiger partial charge in [0, 0.05) is 31.1 Å². The molecule has 4 rings (SSSR count). The predicted octanol–water partition coefficient (Wildman–Crippen LogP) is 5.37. The largest absolute Gasteiger partial charge is 0.352 e. The average Bonchev–Trinajstić information content (AvgIpc) is 3.24. The number of hydrogen-bond donors (Lipinski definition) is 1. The van der Waals surface area contributed by atoms with Crippen molar-refractivity contribution in [2.24, 2.45) is 11.8 Å². The molecule has 1 aliphatic heterocycles. The summed E-state index contributed by atoms with van der Waals surface area (Å²) in [7, 11) is 0. The highest BCUT2D eigenvalue weighted by Crippen LogP contribution is 2.31. The van der Waals surface area contributed by atoms with E-state index < -0.39 is 0 Å². The minimum Gasteiger partial charge on any atom is -0.352 e. The summed E-state index contributed by atoms with van der Waals surface area (Å²) < 4.78 is 13.2. The molecule has 5 nitrogen and oxygen atoms in total. The molecule has 3 aromatic rings. The SMILES string of the molecule is Cc1ccc(CNC(=O)[C@@H](C)C2CCN(C(=O)c3sc(-c4ccc(F)cc4)nc3C)CC2)cc1. The maximum Gasteiger partial charge on any atom is 0.265 e. The fraction of sp³-hybridized carbons (Fsp3) is 0.370. The maximum absolute atomic E-state index is 13.2. The lowest BCUT2D eigenvalue weighted by molar-refractivity contribution is -0.126. The average molecular weight is 480 g/mol. The van der Waals surface area contributed by atoms with E-state index in [4.69, 9.17) is 0 Å². The first kappa shape index (κ1) is 24.1. The standard InChI is InChI=1S/C27H30FN3O2S/c1-17-4-6-20(7-5-17)16-29-25(32)18(2)21-12-14-31(15-13-21)27(33)24-19(3)30-26(34-24)22-8-10-23(28)11-9-22/h4-11,18,21H,12-16H2,1-3H3,(H,29,32)/t18-/m0/s1. The number of nitrogens with one attached hydrogen (secondary N) is 1. The molecular weight excluding hydrogens is 449 g/mol. The molecule has 1 aliphatic rings. The van der Waals surface area contributed by atoms with Gasteiger partial charge in [-0.1, -0.05) is 36.8 Å². The molecule has 2 amide bonds. The number of hydrogen-bond acceptors (Lipinski definition) is 4. The Morgan fingerprint density at radius 2 is 1.74 bits per heavy atom. The maximum atomic E-state index is 13.2. The fourth-order valence-electron chi connectivity index (χ4n) is 4.33. The van der Waals surface area contributed by atoms with Crippen LogP contribution in [-0.4, -0.2) is 34.8 Å². The minimum atomic E-state index is -0.297. The van der Waals surface area contributed by atoms with E-state index in [1.807, 2.05) is 49.9 Å². The van der Waals surface area contributed by atoms with E-state index in [2.05, 4.69) is 10.3 Å². The summed E-state index contributed by atoms with van der Waals surface area (Å²) in [5.41, 5.74) is 3.79. The van der Waals surface area contributed by atoms with Crippen LogP contribution in [-0.2, 0) is 11.3 Å². The number of carbonyl (C=O) groups is 2. The van der Waals surface area contributed by atoms with Crippen molar-refractivity contribution in [1.29, 1.82) is 0 Å². The Morgan fingerprint density at radius 3 is 2.38 bits per heavy atom. The Bertz CT molecular complexity index is 1150. The third-order valence-electron chi connectivity index (χ3n) is 6.62. The van der Waals surface area contributed by atoms with Gasteiger partial charge < -0.3 is 10.2 Å². The van der Waals surface area contributed by atoms with Gasteiger partial charge in [0.05, 0.1) is 5.69 Å². The second-order valence-corrected chi connectivity index (χ2v) is 10.1. The van der Waals surface area contributed by atoms with Crippen molar-refractivity contribution < 1.29 is 14.0 Å². The number of benzene rings is 2. The lowest BCUT2D eigenvalue weighted by atomic mass is 9.84. The lowest BCUT2D eigenvalue weighted by Gasteiger charge is -2.34. The molecule has 1 saturated heterocycles. The summed E-state index contributed by atoms with van der Waals surface area (Å²) in [5.74, 6) is -0.0996. The zero-order chi connectivity index (χ0) is 24.2. The van der Waals surface area contributed by atoms with Gasteiger partial charge >= 0.3 is 0 Å². The predicted molar refractivity (Wildman–Crippen MR) is 133 cm³/mol. The molecule has 2 heterocycles. The molecule has 0 radical (unpaired) electrons. The molecule has 0 spiro atoms. The highest BCUT2D eigenvalue weighted by atomic mass is 32.1. The third kappa shape index (κ3) is 5.53. The molecule has 0 aliphatic carbocycles. The Morgan fingerprint density at radius 1 is 1.09 bits per heavy atom. The number of piperidine rings is 1. The third-order valence-corrected chi connectivity index (χ3v) is 7.81. The van der Waals surface area contributed by atoms with Gasteiger partial charge in [0.2, 0.25) is 5.91 Å². The number of aryl methyl sites for hydroxylation is 2. The molecular formula is C27H30FN3O2S. The van der Waals surface area contributed by atoms with Crippen molar-refractivity contribution in [3.8, 4) is 10.6 Å². The van der Waals surface area contributed by atoms with Crippen LogP contribution >= 0.6 is 11.3 Å². The number of nitrogens with zero attached hydrogens (tertiary/aromatic N) is 2. The Kier molecular flexibility index (Phi) is 7.41. The van der Waals surface area contributed by atoms with Gasteiger partial charge in [-0.3, -0.25) is 9.59 Å². The first-order chi connectivity index (χ1) is 16.3. The highest BCUT2D eigenvalue weighted by molar-refractivity contribution is 7.17. The Labute approximate surface area is 204 Å². The molecule has 1 aromatic heterocycles. The normalized spacial score (nSPS) is 15.2. The quantitative estimate of drug-likeness (QED) is 0.517. The van der Waals surface area contributed by atoms with E-state index in [1.54, 1.807) is 12.1 Å². The summed E-state index contributed by atoms with van der Waals surface area (Å²) in [6.07, 6.45) is 1.60. The smallest absolute Gasteiger partial charge is 0.265 e. The summed E-state index contributed by atoms with van der Waals surface area (Å²) >= 11 is 1.35. The van der Waals surface area contributed by atoms with Crippen molar-refractivity contribution in [3.05, 3.63) is 76.0 Å². The van der Waals surface area contributed by atoms with Gasteiger partial charge in [-0.25, -0.2) is 9.37 Å². The van der Waals surface area contributed by atoms with Crippen molar-refractivity contribution in [1.82, 2.24) is 15.2 Å². The van der Waals surface area contributed by atoms with E-state index in [1.165, 1.54) is 29.0 Å². The molecule has 7 heteroatoms. The van der Waals surface area contributed by atoms with E-state index >= 15 is 0 Å². The van der Waals surface area contributed by atoms with Gasteiger partial charge in [0.25, 0.3) is 5.91 Å². The molecule has 1 N–H and O–H groups in total. The number of carbonyl (C=O) groups excluding carboxylic acids is 2. The van der Waals surface area contributed by atoms with Crippen LogP contribution in [0.1, 0.15) is 46.3 Å². The number of rotatable bonds is 6. The van der Waals surface area contributed by atoms with Crippen molar-refractivity contribution in [2.75, 3.05) is 13.1 Å². The molecule has 1 fully saturated rings. The van der Waals surface area contributed by atoms with Gasteiger partial charge in [-0.15, -0.1) is 11.3 Å². The monoisotopic (exact) mass is 479 g/mol. The summed E-state index contributed by atoms with van der Waals surface area (Å²) in [6, 6.07) is 14.3. The van der Waals surface area contributed by atoms with Crippen molar-refractivity contribution in [2.45, 2.75) is 40.2 Å². The summed E-state index contributed by atoms with van der Waals surface area (Å²) in [5, 5.41) is 3.77. The zero-order valence-electron chi connectivity index (χ0n) is 19.8. The zero-order valence-corrected chi connectivity index (χ0v) is 20.6. The number of amides is 2. The number of likely N-dealkylation sites (tertiary alicyclic amines) is 1. The van der Waals surface area contributed by atoms with E-state index in [0.29, 0.717) is 30.2 Å². The Hall–Kier alpha value is -3.06. The molecule has 1 atom stereocenters. The van der Waals surface area contributed by atoms with Gasteiger partial charge in [0.15, 0.2) is 0 Å². The summed E-state index contributed by atoms with van der Waals surface area (Å²) in [4.78, 5) is 32.9. The highest BCUT2D eigenvalue weighted by Gasteiger charge is 2.31. The van der Waals surface area contributed by atoms with E-state index in [9.17, 15) is 14.0 Å². The van der Waals surface area contributed by atoms with Crippen LogP contribution in [0.4, 0.5) is 4.39 Å². The number of thiazole rings is 1. The number of halogens is 1. The molecule has 0 unspecified atom stereocenters. The first-order valence-corrected chi connectivity index (χ1v) is 12.5. The molecule has 2 aromatic carbocycles. The molecule has 178 valence electrons. The van der Waals surface area contributed by atoms with Gasteiger partial charge in [0.1, 0.15) is 15.7 Å². The van der Waals surface area contributed by atoms with Crippen LogP contribution in [0.2, 0.25) is 0 Å². The Balaban J connectivity index is 1.31. The minimum absolute atomic E-state index is 0.0155. The van der Waals surface area contributed by atoms with Crippen LogP contribution in [0.25, 0.3) is 10.6 Å². The molecule has 0 bridgehead atoms. The van der Waals surface area contributed by atoms with Gasteiger partial charge in [-0.05, 0) is 62.4 Å². The molecule has 0 saturated carbocycles. The van der Waals surface area contributed by atoms with Gasteiger partial charge in [-0.2, -0.15) is 0 Å². The van der Waals surface area contributed by atoms with Crippen molar-refractivity contribution in [3.63, 3.8) is 0 Å². The first-order valence-electron chi connectivity index (χ1n) is 11.7. The topological polar surface area (TPSA) is 62.3 Å². The molecule has 34 heavy (non-hydrogen) atoms.